The number of aromatic nitrogens is 3. The molecule has 0 unspecified atom stereocenters. The molecule has 0 bridgehead atoms. The van der Waals surface area contributed by atoms with E-state index in [1.165, 1.54) is 16.8 Å². The third kappa shape index (κ3) is 3.03. The van der Waals surface area contributed by atoms with Crippen molar-refractivity contribution in [3.63, 3.8) is 0 Å². The lowest BCUT2D eigenvalue weighted by molar-refractivity contribution is 0.205. The Bertz CT molecular complexity index is 790. The van der Waals surface area contributed by atoms with Gasteiger partial charge < -0.3 is 0 Å². The van der Waals surface area contributed by atoms with Gasteiger partial charge in [0.15, 0.2) is 0 Å². The fourth-order valence-electron chi connectivity index (χ4n) is 3.05. The summed E-state index contributed by atoms with van der Waals surface area (Å²) in [6, 6.07) is 16.9. The van der Waals surface area contributed by atoms with Gasteiger partial charge in [0.05, 0.1) is 17.9 Å². The summed E-state index contributed by atoms with van der Waals surface area (Å²) >= 11 is 0. The van der Waals surface area contributed by atoms with Crippen molar-refractivity contribution in [2.24, 2.45) is 0 Å². The Labute approximate surface area is 136 Å². The summed E-state index contributed by atoms with van der Waals surface area (Å²) in [4.78, 5) is 6.87. The first-order valence-electron chi connectivity index (χ1n) is 8.04. The number of nitrogens with zero attached hydrogens (tertiary/aromatic N) is 4. The highest BCUT2D eigenvalue weighted by molar-refractivity contribution is 5.54. The number of hydrogen-bond donors (Lipinski definition) is 0. The number of aryl methyl sites for hydroxylation is 1. The van der Waals surface area contributed by atoms with Gasteiger partial charge >= 0.3 is 0 Å². The molecule has 23 heavy (non-hydrogen) atoms. The van der Waals surface area contributed by atoms with Crippen LogP contribution in [0.1, 0.15) is 16.8 Å². The number of benzene rings is 1. The second-order valence-corrected chi connectivity index (χ2v) is 6.16. The predicted molar refractivity (Wildman–Crippen MR) is 90.8 cm³/mol. The highest BCUT2D eigenvalue weighted by Gasteiger charge is 2.19. The van der Waals surface area contributed by atoms with E-state index in [4.69, 9.17) is 5.10 Å². The first-order chi connectivity index (χ1) is 11.3. The van der Waals surface area contributed by atoms with E-state index in [-0.39, 0.29) is 0 Å². The zero-order valence-electron chi connectivity index (χ0n) is 13.3. The zero-order valence-corrected chi connectivity index (χ0v) is 13.3. The Morgan fingerprint density at radius 3 is 2.65 bits per heavy atom. The second kappa shape index (κ2) is 5.97. The molecule has 1 aliphatic rings. The lowest BCUT2D eigenvalue weighted by Crippen LogP contribution is -2.33. The van der Waals surface area contributed by atoms with E-state index in [0.717, 1.165) is 37.6 Å². The fourth-order valence-corrected chi connectivity index (χ4v) is 3.05. The molecule has 1 aliphatic heterocycles. The van der Waals surface area contributed by atoms with Crippen LogP contribution in [0.4, 0.5) is 0 Å². The first-order valence-corrected chi connectivity index (χ1v) is 8.04. The normalized spacial score (nSPS) is 14.7. The van der Waals surface area contributed by atoms with Crippen molar-refractivity contribution >= 4 is 0 Å². The molecule has 0 saturated heterocycles. The number of pyridine rings is 1. The molecule has 0 fully saturated rings. The third-order valence-electron chi connectivity index (χ3n) is 4.33. The summed E-state index contributed by atoms with van der Waals surface area (Å²) < 4.78 is 2.12. The predicted octanol–water partition coefficient (Wildman–Crippen LogP) is 3.27. The lowest BCUT2D eigenvalue weighted by atomic mass is 10.1. The van der Waals surface area contributed by atoms with Crippen LogP contribution in [0, 0.1) is 6.92 Å². The maximum absolute atomic E-state index is 4.70. The van der Waals surface area contributed by atoms with Gasteiger partial charge in [-0.1, -0.05) is 35.9 Å². The molecule has 0 amide bonds. The smallest absolute Gasteiger partial charge is 0.111 e. The number of hydrogen-bond acceptors (Lipinski definition) is 3. The Morgan fingerprint density at radius 2 is 1.87 bits per heavy atom. The molecule has 3 heterocycles. The van der Waals surface area contributed by atoms with Gasteiger partial charge in [0.2, 0.25) is 0 Å². The molecule has 1 aromatic carbocycles. The molecule has 0 aliphatic carbocycles. The molecule has 0 saturated carbocycles. The van der Waals surface area contributed by atoms with Gasteiger partial charge in [0.1, 0.15) is 5.69 Å². The maximum atomic E-state index is 4.70. The van der Waals surface area contributed by atoms with Gasteiger partial charge in [0.25, 0.3) is 0 Å². The topological polar surface area (TPSA) is 34.0 Å². The SMILES string of the molecule is Cc1ccc(CN2CCn3nc(-c4ccccn4)cc3C2)cc1. The van der Waals surface area contributed by atoms with E-state index in [9.17, 15) is 0 Å². The molecule has 116 valence electrons. The molecule has 3 aromatic rings. The van der Waals surface area contributed by atoms with Crippen molar-refractivity contribution in [3.05, 3.63) is 71.5 Å². The Kier molecular flexibility index (Phi) is 3.67. The van der Waals surface area contributed by atoms with Gasteiger partial charge in [-0.3, -0.25) is 14.6 Å². The van der Waals surface area contributed by atoms with Crippen LogP contribution in [0.3, 0.4) is 0 Å². The molecule has 4 rings (SSSR count). The minimum Gasteiger partial charge on any atom is -0.291 e. The van der Waals surface area contributed by atoms with Gasteiger partial charge in [-0.15, -0.1) is 0 Å². The molecular weight excluding hydrogens is 284 g/mol. The maximum Gasteiger partial charge on any atom is 0.111 e. The highest BCUT2D eigenvalue weighted by atomic mass is 15.3. The molecule has 0 N–H and O–H groups in total. The van der Waals surface area contributed by atoms with Crippen LogP contribution < -0.4 is 0 Å². The fraction of sp³-hybridized carbons (Fsp3) is 0.263. The van der Waals surface area contributed by atoms with Crippen molar-refractivity contribution in [1.29, 1.82) is 0 Å². The van der Waals surface area contributed by atoms with E-state index in [0.29, 0.717) is 0 Å². The Balaban J connectivity index is 1.51. The molecule has 2 aromatic heterocycles. The van der Waals surface area contributed by atoms with Crippen LogP contribution in [0.5, 0.6) is 0 Å². The van der Waals surface area contributed by atoms with E-state index < -0.39 is 0 Å². The van der Waals surface area contributed by atoms with Crippen LogP contribution in [0.2, 0.25) is 0 Å². The standard InChI is InChI=1S/C19H20N4/c1-15-5-7-16(8-6-15)13-22-10-11-23-17(14-22)12-19(21-23)18-4-2-3-9-20-18/h2-9,12H,10-11,13-14H2,1H3. The summed E-state index contributed by atoms with van der Waals surface area (Å²) in [5, 5.41) is 4.70. The average Bonchev–Trinajstić information content (AvgIpc) is 3.01. The van der Waals surface area contributed by atoms with Crippen LogP contribution in [-0.4, -0.2) is 26.2 Å². The van der Waals surface area contributed by atoms with Crippen molar-refractivity contribution < 1.29 is 0 Å². The van der Waals surface area contributed by atoms with Crippen molar-refractivity contribution in [2.45, 2.75) is 26.6 Å². The van der Waals surface area contributed by atoms with E-state index in [1.54, 1.807) is 0 Å². The summed E-state index contributed by atoms with van der Waals surface area (Å²) in [5.41, 5.74) is 5.86. The van der Waals surface area contributed by atoms with Crippen molar-refractivity contribution in [3.8, 4) is 11.4 Å². The largest absolute Gasteiger partial charge is 0.291 e. The average molecular weight is 304 g/mol. The van der Waals surface area contributed by atoms with Crippen LogP contribution >= 0.6 is 0 Å². The van der Waals surface area contributed by atoms with E-state index >= 15 is 0 Å². The highest BCUT2D eigenvalue weighted by Crippen LogP contribution is 2.21. The molecule has 0 atom stereocenters. The summed E-state index contributed by atoms with van der Waals surface area (Å²) in [7, 11) is 0. The minimum absolute atomic E-state index is 0.938. The Hall–Kier alpha value is -2.46. The molecular formula is C19H20N4. The molecule has 0 spiro atoms. The van der Waals surface area contributed by atoms with Crippen molar-refractivity contribution in [1.82, 2.24) is 19.7 Å². The quantitative estimate of drug-likeness (QED) is 0.745. The summed E-state index contributed by atoms with van der Waals surface area (Å²) in [5.74, 6) is 0. The molecule has 4 heteroatoms. The minimum atomic E-state index is 0.938. The van der Waals surface area contributed by atoms with Gasteiger partial charge in [-0.25, -0.2) is 0 Å². The number of fused-ring (bicyclic) bond motifs is 1. The third-order valence-corrected chi connectivity index (χ3v) is 4.33. The zero-order chi connectivity index (χ0) is 15.6. The van der Waals surface area contributed by atoms with Crippen LogP contribution in [0.15, 0.2) is 54.7 Å². The second-order valence-electron chi connectivity index (χ2n) is 6.16. The van der Waals surface area contributed by atoms with Crippen LogP contribution in [0.25, 0.3) is 11.4 Å². The lowest BCUT2D eigenvalue weighted by Gasteiger charge is -2.27. The first kappa shape index (κ1) is 14.2. The monoisotopic (exact) mass is 304 g/mol. The van der Waals surface area contributed by atoms with Gasteiger partial charge in [-0.05, 0) is 30.7 Å². The van der Waals surface area contributed by atoms with Crippen molar-refractivity contribution in [2.75, 3.05) is 6.54 Å². The summed E-state index contributed by atoms with van der Waals surface area (Å²) in [6.45, 7) is 6.03. The van der Waals surface area contributed by atoms with E-state index in [1.807, 2.05) is 24.4 Å². The molecule has 0 radical (unpaired) electrons. The summed E-state index contributed by atoms with van der Waals surface area (Å²) in [6.07, 6.45) is 1.82. The Morgan fingerprint density at radius 1 is 1.00 bits per heavy atom. The molecule has 4 nitrogen and oxygen atoms in total. The van der Waals surface area contributed by atoms with E-state index in [2.05, 4.69) is 51.8 Å². The van der Waals surface area contributed by atoms with Gasteiger partial charge in [-0.2, -0.15) is 5.10 Å². The van der Waals surface area contributed by atoms with Crippen LogP contribution in [-0.2, 0) is 19.6 Å². The van der Waals surface area contributed by atoms with Gasteiger partial charge in [0, 0.05) is 25.8 Å². The number of rotatable bonds is 3.